The van der Waals surface area contributed by atoms with Gasteiger partial charge in [-0.2, -0.15) is 13.2 Å². The van der Waals surface area contributed by atoms with E-state index in [0.29, 0.717) is 26.1 Å². The highest BCUT2D eigenvalue weighted by atomic mass is 19.4. The molecule has 2 aromatic rings. The first-order chi connectivity index (χ1) is 17.3. The summed E-state index contributed by atoms with van der Waals surface area (Å²) in [5, 5.41) is 13.3. The number of fused-ring (bicyclic) bond motifs is 1. The minimum atomic E-state index is -4.38. The van der Waals surface area contributed by atoms with Gasteiger partial charge in [0, 0.05) is 25.7 Å². The molecule has 0 unspecified atom stereocenters. The number of nitrogens with zero attached hydrogens (tertiary/aromatic N) is 1. The Labute approximate surface area is 209 Å². The lowest BCUT2D eigenvalue weighted by atomic mass is 9.94. The van der Waals surface area contributed by atoms with Crippen LogP contribution in [0.3, 0.4) is 0 Å². The van der Waals surface area contributed by atoms with Gasteiger partial charge in [0.25, 0.3) is 0 Å². The number of nitrogens with one attached hydrogen (secondary N) is 1. The Kier molecular flexibility index (Phi) is 9.00. The van der Waals surface area contributed by atoms with Gasteiger partial charge in [-0.3, -0.25) is 9.69 Å². The molecule has 0 aliphatic carbocycles. The molecule has 2 aliphatic rings. The van der Waals surface area contributed by atoms with Crippen LogP contribution in [0.15, 0.2) is 54.6 Å². The van der Waals surface area contributed by atoms with Crippen LogP contribution in [0.4, 0.5) is 13.2 Å². The van der Waals surface area contributed by atoms with Crippen LogP contribution >= 0.6 is 0 Å². The lowest BCUT2D eigenvalue weighted by Crippen LogP contribution is -2.55. The molecule has 9 heteroatoms. The first-order valence-corrected chi connectivity index (χ1v) is 12.4. The Morgan fingerprint density at radius 1 is 1.03 bits per heavy atom. The Morgan fingerprint density at radius 3 is 2.50 bits per heavy atom. The number of aliphatic hydroxyl groups excluding tert-OH is 1. The molecular formula is C27H33F3N2O4. The third-order valence-electron chi connectivity index (χ3n) is 6.75. The SMILES string of the molecule is O=C(C[C@H]1CC[C@H]2[C@@H](COC[C@H](O)CN2Cc2ccc(C(F)(F)F)cc2)O1)NCCc1ccccc1. The fourth-order valence-electron chi connectivity index (χ4n) is 4.93. The Balaban J connectivity index is 1.32. The summed E-state index contributed by atoms with van der Waals surface area (Å²) < 4.78 is 50.7. The number of benzene rings is 2. The van der Waals surface area contributed by atoms with Crippen LogP contribution in [0.2, 0.25) is 0 Å². The molecule has 0 saturated carbocycles. The highest BCUT2D eigenvalue weighted by molar-refractivity contribution is 5.76. The predicted octanol–water partition coefficient (Wildman–Crippen LogP) is 3.56. The number of carbonyl (C=O) groups is 1. The molecular weight excluding hydrogens is 473 g/mol. The molecule has 0 bridgehead atoms. The normalized spacial score (nSPS) is 25.4. The quantitative estimate of drug-likeness (QED) is 0.601. The molecule has 0 radical (unpaired) electrons. The summed E-state index contributed by atoms with van der Waals surface area (Å²) in [5.41, 5.74) is 1.21. The van der Waals surface area contributed by atoms with Crippen molar-refractivity contribution < 1.29 is 32.5 Å². The van der Waals surface area contributed by atoms with Gasteiger partial charge in [0.15, 0.2) is 0 Å². The number of β-amino-alcohol motifs (C(OH)–C–C–N with tert-alkyl or cyclic N) is 1. The standard InChI is InChI=1S/C27H33F3N2O4/c28-27(29,30)21-8-6-20(7-9-21)15-32-16-22(33)17-35-18-25-24(32)11-10-23(36-25)14-26(34)31-13-12-19-4-2-1-3-5-19/h1-9,22-25,33H,10-18H2,(H,31,34)/t22-,23-,24+,25-/m1/s1. The number of ether oxygens (including phenoxy) is 2. The molecule has 36 heavy (non-hydrogen) atoms. The van der Waals surface area contributed by atoms with E-state index < -0.39 is 17.8 Å². The molecule has 2 aliphatic heterocycles. The maximum atomic E-state index is 12.9. The number of aliphatic hydroxyl groups is 1. The van der Waals surface area contributed by atoms with Gasteiger partial charge >= 0.3 is 6.18 Å². The topological polar surface area (TPSA) is 71.0 Å². The maximum absolute atomic E-state index is 12.9. The van der Waals surface area contributed by atoms with Gasteiger partial charge in [0.05, 0.1) is 43.5 Å². The van der Waals surface area contributed by atoms with Crippen molar-refractivity contribution in [1.82, 2.24) is 10.2 Å². The predicted molar refractivity (Wildman–Crippen MR) is 128 cm³/mol. The Morgan fingerprint density at radius 2 is 1.78 bits per heavy atom. The molecule has 2 aromatic carbocycles. The molecule has 2 fully saturated rings. The van der Waals surface area contributed by atoms with Crippen molar-refractivity contribution in [3.63, 3.8) is 0 Å². The van der Waals surface area contributed by atoms with Crippen LogP contribution in [-0.4, -0.2) is 66.6 Å². The van der Waals surface area contributed by atoms with E-state index in [1.807, 2.05) is 30.3 Å². The second kappa shape index (κ2) is 12.2. The molecule has 6 nitrogen and oxygen atoms in total. The van der Waals surface area contributed by atoms with E-state index in [2.05, 4.69) is 10.2 Å². The lowest BCUT2D eigenvalue weighted by Gasteiger charge is -2.44. The molecule has 2 heterocycles. The Hall–Kier alpha value is -2.46. The summed E-state index contributed by atoms with van der Waals surface area (Å²) in [5.74, 6) is -0.0572. The minimum absolute atomic E-state index is 0.0572. The Bertz CT molecular complexity index is 971. The third kappa shape index (κ3) is 7.52. The van der Waals surface area contributed by atoms with E-state index in [9.17, 15) is 23.1 Å². The van der Waals surface area contributed by atoms with Crippen molar-refractivity contribution in [2.75, 3.05) is 26.3 Å². The average molecular weight is 507 g/mol. The first kappa shape index (κ1) is 26.6. The van der Waals surface area contributed by atoms with Crippen LogP contribution in [-0.2, 0) is 33.4 Å². The highest BCUT2D eigenvalue weighted by Gasteiger charge is 2.38. The average Bonchev–Trinajstić information content (AvgIpc) is 2.83. The van der Waals surface area contributed by atoms with Gasteiger partial charge in [-0.1, -0.05) is 42.5 Å². The zero-order chi connectivity index (χ0) is 25.5. The molecule has 0 spiro atoms. The van der Waals surface area contributed by atoms with Crippen molar-refractivity contribution in [2.24, 2.45) is 0 Å². The smallest absolute Gasteiger partial charge is 0.389 e. The number of hydrogen-bond donors (Lipinski definition) is 2. The molecule has 4 atom stereocenters. The number of rotatable bonds is 7. The summed E-state index contributed by atoms with van der Waals surface area (Å²) in [6.07, 6.45) is -3.16. The maximum Gasteiger partial charge on any atom is 0.416 e. The second-order valence-corrected chi connectivity index (χ2v) is 9.55. The fraction of sp³-hybridized carbons (Fsp3) is 0.519. The van der Waals surface area contributed by atoms with E-state index in [4.69, 9.17) is 9.47 Å². The van der Waals surface area contributed by atoms with Crippen LogP contribution < -0.4 is 5.32 Å². The van der Waals surface area contributed by atoms with Crippen LogP contribution in [0.5, 0.6) is 0 Å². The van der Waals surface area contributed by atoms with Crippen molar-refractivity contribution in [2.45, 2.75) is 62.8 Å². The fourth-order valence-corrected chi connectivity index (χ4v) is 4.93. The molecule has 4 rings (SSSR count). The molecule has 196 valence electrons. The summed E-state index contributed by atoms with van der Waals surface area (Å²) in [6.45, 7) is 1.72. The van der Waals surface area contributed by atoms with E-state index >= 15 is 0 Å². The highest BCUT2D eigenvalue weighted by Crippen LogP contribution is 2.31. The number of amides is 1. The second-order valence-electron chi connectivity index (χ2n) is 9.55. The van der Waals surface area contributed by atoms with Crippen LogP contribution in [0, 0.1) is 0 Å². The molecule has 1 amide bonds. The summed E-state index contributed by atoms with van der Waals surface area (Å²) in [6, 6.07) is 15.0. The summed E-state index contributed by atoms with van der Waals surface area (Å²) >= 11 is 0. The van der Waals surface area contributed by atoms with E-state index in [-0.39, 0.29) is 43.8 Å². The first-order valence-electron chi connectivity index (χ1n) is 12.4. The van der Waals surface area contributed by atoms with Crippen molar-refractivity contribution in [3.05, 3.63) is 71.3 Å². The van der Waals surface area contributed by atoms with Gasteiger partial charge in [-0.05, 0) is 42.5 Å². The molecule has 0 aromatic heterocycles. The van der Waals surface area contributed by atoms with E-state index in [1.54, 1.807) is 0 Å². The number of alkyl halides is 3. The minimum Gasteiger partial charge on any atom is -0.389 e. The third-order valence-corrected chi connectivity index (χ3v) is 6.75. The zero-order valence-electron chi connectivity index (χ0n) is 20.1. The number of hydrogen-bond acceptors (Lipinski definition) is 5. The monoisotopic (exact) mass is 506 g/mol. The summed E-state index contributed by atoms with van der Waals surface area (Å²) in [4.78, 5) is 14.6. The van der Waals surface area contributed by atoms with Crippen LogP contribution in [0.1, 0.15) is 36.0 Å². The lowest BCUT2D eigenvalue weighted by molar-refractivity contribution is -0.158. The van der Waals surface area contributed by atoms with E-state index in [0.717, 1.165) is 36.1 Å². The van der Waals surface area contributed by atoms with Crippen molar-refractivity contribution in [1.29, 1.82) is 0 Å². The molecule has 2 N–H and O–H groups in total. The number of halogens is 3. The van der Waals surface area contributed by atoms with E-state index in [1.165, 1.54) is 12.1 Å². The molecule has 2 saturated heterocycles. The van der Waals surface area contributed by atoms with Gasteiger partial charge in [-0.25, -0.2) is 0 Å². The van der Waals surface area contributed by atoms with Gasteiger partial charge in [-0.15, -0.1) is 0 Å². The largest absolute Gasteiger partial charge is 0.416 e. The van der Waals surface area contributed by atoms with Crippen LogP contribution in [0.25, 0.3) is 0 Å². The van der Waals surface area contributed by atoms with Crippen molar-refractivity contribution >= 4 is 5.91 Å². The van der Waals surface area contributed by atoms with Crippen molar-refractivity contribution in [3.8, 4) is 0 Å². The van der Waals surface area contributed by atoms with Gasteiger partial charge in [0.1, 0.15) is 0 Å². The number of carbonyl (C=O) groups excluding carboxylic acids is 1. The van der Waals surface area contributed by atoms with Gasteiger partial charge < -0.3 is 19.9 Å². The summed E-state index contributed by atoms with van der Waals surface area (Å²) in [7, 11) is 0. The zero-order valence-corrected chi connectivity index (χ0v) is 20.1. The van der Waals surface area contributed by atoms with Gasteiger partial charge in [0.2, 0.25) is 5.91 Å².